The van der Waals surface area contributed by atoms with Crippen molar-refractivity contribution in [2.45, 2.75) is 509 Å². The highest BCUT2D eigenvalue weighted by Crippen LogP contribution is 2.24. The van der Waals surface area contributed by atoms with Crippen molar-refractivity contribution in [1.82, 2.24) is 9.80 Å². The molecule has 0 rings (SSSR count). The van der Waals surface area contributed by atoms with Gasteiger partial charge >= 0.3 is 17.9 Å². The minimum Gasteiger partial charge on any atom is -0.462 e. The van der Waals surface area contributed by atoms with Crippen molar-refractivity contribution in [1.29, 1.82) is 0 Å². The normalized spacial score (nSPS) is 12.5. The van der Waals surface area contributed by atoms with Gasteiger partial charge in [0.25, 0.3) is 0 Å². The number of aliphatic hydroxyl groups is 1. The fourth-order valence-electron chi connectivity index (χ4n) is 15.0. The smallest absolute Gasteiger partial charge is 0.323 e. The SMILES string of the molecule is CCCCC/C=C/C/C=C/CCCCCCCCC(CCCCCCCC/C=C/C/C=C/CCCCC)OC(=O)C(CCCCN(CCCCCCCC(=O)OC(CCCCCCCC)CCCCCCCC)CCCCCCCC(=O)OC(CCCCCCCC)CCCCCCCC)N(C)CCO. The average Bonchev–Trinajstić information content (AvgIpc) is 0.927. The van der Waals surface area contributed by atoms with Gasteiger partial charge in [0.15, 0.2) is 0 Å². The Morgan fingerprint density at radius 2 is 0.514 bits per heavy atom. The summed E-state index contributed by atoms with van der Waals surface area (Å²) in [5.74, 6) is -0.0766. The molecule has 0 aliphatic heterocycles. The maximum Gasteiger partial charge on any atom is 0.323 e. The first-order chi connectivity index (χ1) is 51.7. The van der Waals surface area contributed by atoms with Crippen LogP contribution in [-0.4, -0.2) is 97.0 Å². The number of nitrogens with zero attached hydrogens (tertiary/aromatic N) is 2. The van der Waals surface area contributed by atoms with Crippen LogP contribution in [0.1, 0.15) is 485 Å². The lowest BCUT2D eigenvalue weighted by atomic mass is 10.0. The molecule has 1 N–H and O–H groups in total. The van der Waals surface area contributed by atoms with E-state index in [4.69, 9.17) is 14.2 Å². The maximum atomic E-state index is 14.5. The molecule has 0 aliphatic rings. The van der Waals surface area contributed by atoms with E-state index in [9.17, 15) is 19.5 Å². The molecule has 0 saturated carbocycles. The number of allylic oxidation sites excluding steroid dienone is 8. The number of unbranched alkanes of at least 4 members (excludes halogenated alkanes) is 47. The highest BCUT2D eigenvalue weighted by atomic mass is 16.6. The maximum absolute atomic E-state index is 14.5. The first-order valence-electron chi connectivity index (χ1n) is 46.9. The molecule has 0 aromatic carbocycles. The van der Waals surface area contributed by atoms with E-state index in [1.165, 1.54) is 283 Å². The number of hydrogen-bond acceptors (Lipinski definition) is 9. The third-order valence-electron chi connectivity index (χ3n) is 22.0. The van der Waals surface area contributed by atoms with E-state index < -0.39 is 0 Å². The van der Waals surface area contributed by atoms with Gasteiger partial charge in [-0.1, -0.05) is 341 Å². The number of aliphatic hydroxyl groups excluding tert-OH is 1. The van der Waals surface area contributed by atoms with Crippen molar-refractivity contribution in [2.24, 2.45) is 0 Å². The molecule has 9 heteroatoms. The first kappa shape index (κ1) is 102. The number of hydrogen-bond donors (Lipinski definition) is 1. The number of rotatable bonds is 86. The Kier molecular flexibility index (Phi) is 83.0. The van der Waals surface area contributed by atoms with Crippen molar-refractivity contribution in [2.75, 3.05) is 39.8 Å². The molecule has 1 atom stereocenters. The van der Waals surface area contributed by atoms with Gasteiger partial charge in [-0.2, -0.15) is 0 Å². The minimum atomic E-state index is -0.368. The van der Waals surface area contributed by atoms with Crippen molar-refractivity contribution in [3.05, 3.63) is 48.6 Å². The van der Waals surface area contributed by atoms with Gasteiger partial charge in [0.05, 0.1) is 6.61 Å². The van der Waals surface area contributed by atoms with Crippen LogP contribution in [0, 0.1) is 0 Å². The Bertz CT molecular complexity index is 1760. The molecule has 0 amide bonds. The Labute approximate surface area is 655 Å². The summed E-state index contributed by atoms with van der Waals surface area (Å²) in [6, 6.07) is -0.368. The van der Waals surface area contributed by atoms with Crippen LogP contribution in [0.3, 0.4) is 0 Å². The van der Waals surface area contributed by atoms with Crippen LogP contribution in [0.25, 0.3) is 0 Å². The predicted molar refractivity (Wildman–Crippen MR) is 459 cm³/mol. The van der Waals surface area contributed by atoms with Gasteiger partial charge in [-0.05, 0) is 206 Å². The van der Waals surface area contributed by atoms with Crippen molar-refractivity contribution < 1.29 is 33.7 Å². The van der Waals surface area contributed by atoms with Gasteiger partial charge in [-0.15, -0.1) is 0 Å². The van der Waals surface area contributed by atoms with Gasteiger partial charge in [0.1, 0.15) is 24.4 Å². The Morgan fingerprint density at radius 3 is 0.829 bits per heavy atom. The van der Waals surface area contributed by atoms with Crippen LogP contribution in [0.4, 0.5) is 0 Å². The number of esters is 3. The molecule has 0 spiro atoms. The van der Waals surface area contributed by atoms with E-state index in [0.29, 0.717) is 19.4 Å². The monoisotopic (exact) mass is 1480 g/mol. The molecule has 9 nitrogen and oxygen atoms in total. The average molecular weight is 1480 g/mol. The summed E-state index contributed by atoms with van der Waals surface area (Å²) in [5.41, 5.74) is 0. The standard InChI is InChI=1S/C96H182N2O7/c1-8-14-20-26-32-34-36-38-40-42-44-46-48-50-58-68-80-92(81-69-59-51-49-47-45-43-41-39-37-35-33-27-21-15-9-2)105-96(102)93(97(7)88-89-99)82-72-75-87-98(85-73-62-52-60-70-83-94(100)103-90(76-64-54-28-22-16-10-3)77-65-55-29-23-17-11-4)86-74-63-53-61-71-84-95(101)104-91(78-66-56-30-24-18-12-5)79-67-57-31-25-19-13-6/h32-35,38-41,90-93,99H,8-31,36-37,42-89H2,1-7H3/b34-32+,35-33+,40-38+,41-39+. The summed E-state index contributed by atoms with van der Waals surface area (Å²) in [7, 11) is 2.00. The molecule has 0 heterocycles. The van der Waals surface area contributed by atoms with Crippen LogP contribution < -0.4 is 0 Å². The topological polar surface area (TPSA) is 106 Å². The van der Waals surface area contributed by atoms with Crippen LogP contribution in [-0.2, 0) is 28.6 Å². The third-order valence-corrected chi connectivity index (χ3v) is 22.0. The lowest BCUT2D eigenvalue weighted by Gasteiger charge is -2.29. The summed E-state index contributed by atoms with van der Waals surface area (Å²) in [6.07, 6.45) is 99.1. The van der Waals surface area contributed by atoms with Crippen LogP contribution >= 0.6 is 0 Å². The summed E-state index contributed by atoms with van der Waals surface area (Å²) < 4.78 is 19.0. The van der Waals surface area contributed by atoms with Crippen LogP contribution in [0.5, 0.6) is 0 Å². The fourth-order valence-corrected chi connectivity index (χ4v) is 15.0. The molecule has 618 valence electrons. The largest absolute Gasteiger partial charge is 0.462 e. The predicted octanol–water partition coefficient (Wildman–Crippen LogP) is 29.6. The summed E-state index contributed by atoms with van der Waals surface area (Å²) >= 11 is 0. The zero-order chi connectivity index (χ0) is 76.3. The molecular formula is C96H182N2O7. The zero-order valence-corrected chi connectivity index (χ0v) is 71.5. The molecule has 0 aliphatic carbocycles. The van der Waals surface area contributed by atoms with Crippen LogP contribution in [0.15, 0.2) is 48.6 Å². The summed E-state index contributed by atoms with van der Waals surface area (Å²) in [5, 5.41) is 10.2. The van der Waals surface area contributed by atoms with E-state index >= 15 is 0 Å². The molecule has 0 bridgehead atoms. The van der Waals surface area contributed by atoms with Gasteiger partial charge in [0, 0.05) is 19.4 Å². The molecule has 0 fully saturated rings. The van der Waals surface area contributed by atoms with Gasteiger partial charge in [-0.3, -0.25) is 19.3 Å². The summed E-state index contributed by atoms with van der Waals surface area (Å²) in [4.78, 5) is 45.7. The lowest BCUT2D eigenvalue weighted by molar-refractivity contribution is -0.156. The highest BCUT2D eigenvalue weighted by molar-refractivity contribution is 5.76. The van der Waals surface area contributed by atoms with Gasteiger partial charge in [0.2, 0.25) is 0 Å². The first-order valence-corrected chi connectivity index (χ1v) is 46.9. The van der Waals surface area contributed by atoms with Crippen molar-refractivity contribution >= 4 is 17.9 Å². The second kappa shape index (κ2) is 85.3. The van der Waals surface area contributed by atoms with E-state index in [2.05, 4.69) is 95.1 Å². The van der Waals surface area contributed by atoms with Crippen molar-refractivity contribution in [3.8, 4) is 0 Å². The van der Waals surface area contributed by atoms with E-state index in [-0.39, 0.29) is 48.9 Å². The number of likely N-dealkylation sites (N-methyl/N-ethyl adjacent to an activating group) is 1. The zero-order valence-electron chi connectivity index (χ0n) is 71.5. The molecule has 0 saturated heterocycles. The van der Waals surface area contributed by atoms with Gasteiger partial charge in [-0.25, -0.2) is 0 Å². The highest BCUT2D eigenvalue weighted by Gasteiger charge is 2.27. The number of carbonyl (C=O) groups excluding carboxylic acids is 3. The molecule has 0 aromatic heterocycles. The molecular weight excluding hydrogens is 1290 g/mol. The fraction of sp³-hybridized carbons (Fsp3) is 0.885. The third kappa shape index (κ3) is 75.1. The lowest BCUT2D eigenvalue weighted by Crippen LogP contribution is -2.42. The van der Waals surface area contributed by atoms with Crippen LogP contribution in [0.2, 0.25) is 0 Å². The Morgan fingerprint density at radius 1 is 0.276 bits per heavy atom. The molecule has 105 heavy (non-hydrogen) atoms. The Balaban J connectivity index is 5.84. The molecule has 0 radical (unpaired) electrons. The second-order valence-electron chi connectivity index (χ2n) is 32.3. The minimum absolute atomic E-state index is 0.0118. The van der Waals surface area contributed by atoms with Crippen molar-refractivity contribution in [3.63, 3.8) is 0 Å². The van der Waals surface area contributed by atoms with E-state index in [1.807, 2.05) is 11.9 Å². The number of ether oxygens (including phenoxy) is 3. The second-order valence-corrected chi connectivity index (χ2v) is 32.3. The molecule has 0 aromatic rings. The number of carbonyl (C=O) groups is 3. The van der Waals surface area contributed by atoms with E-state index in [0.717, 1.165) is 167 Å². The van der Waals surface area contributed by atoms with Gasteiger partial charge < -0.3 is 24.2 Å². The quantitative estimate of drug-likeness (QED) is 0.0276. The van der Waals surface area contributed by atoms with E-state index in [1.54, 1.807) is 0 Å². The molecule has 1 unspecified atom stereocenters. The summed E-state index contributed by atoms with van der Waals surface area (Å²) in [6.45, 7) is 17.2. The Hall–Kier alpha value is -2.75.